The molecule has 0 aliphatic rings. The average molecular weight is 335 g/mol. The van der Waals surface area contributed by atoms with E-state index in [0.717, 1.165) is 24.2 Å². The van der Waals surface area contributed by atoms with E-state index in [1.807, 2.05) is 34.6 Å². The van der Waals surface area contributed by atoms with Gasteiger partial charge in [0.1, 0.15) is 5.60 Å². The van der Waals surface area contributed by atoms with Gasteiger partial charge in [0.15, 0.2) is 0 Å². The Bertz CT molecular complexity index is 535. The van der Waals surface area contributed by atoms with Crippen molar-refractivity contribution in [2.75, 3.05) is 18.4 Å². The van der Waals surface area contributed by atoms with Crippen LogP contribution >= 0.6 is 0 Å². The van der Waals surface area contributed by atoms with Gasteiger partial charge in [-0.3, -0.25) is 0 Å². The number of benzene rings is 1. The third kappa shape index (κ3) is 6.06. The molecule has 0 unspecified atom stereocenters. The van der Waals surface area contributed by atoms with Crippen molar-refractivity contribution in [2.24, 2.45) is 0 Å². The predicted molar refractivity (Wildman–Crippen MR) is 102 cm³/mol. The lowest BCUT2D eigenvalue weighted by Crippen LogP contribution is -2.38. The quantitative estimate of drug-likeness (QED) is 0.667. The van der Waals surface area contributed by atoms with Crippen LogP contribution in [0.4, 0.5) is 10.5 Å². The minimum Gasteiger partial charge on any atom is -0.444 e. The summed E-state index contributed by atoms with van der Waals surface area (Å²) in [4.78, 5) is 14.2. The molecular formula is C20H34N2O2. The van der Waals surface area contributed by atoms with E-state index < -0.39 is 5.60 Å². The van der Waals surface area contributed by atoms with Crippen molar-refractivity contribution < 1.29 is 9.53 Å². The Balaban J connectivity index is 2.93. The number of nitrogens with zero attached hydrogens (tertiary/aromatic N) is 1. The Morgan fingerprint density at radius 3 is 2.50 bits per heavy atom. The fraction of sp³-hybridized carbons (Fsp3) is 0.650. The SMILES string of the molecule is CCCCNc1cc([C@@H](C)N(CC)C(=O)OC(C)(C)C)ccc1C. The summed E-state index contributed by atoms with van der Waals surface area (Å²) in [6.07, 6.45) is 2.06. The van der Waals surface area contributed by atoms with Crippen molar-refractivity contribution in [3.63, 3.8) is 0 Å². The van der Waals surface area contributed by atoms with Crippen LogP contribution in [-0.4, -0.2) is 29.7 Å². The van der Waals surface area contributed by atoms with Gasteiger partial charge in [0.05, 0.1) is 6.04 Å². The Morgan fingerprint density at radius 2 is 1.96 bits per heavy atom. The molecular weight excluding hydrogens is 300 g/mol. The molecule has 0 spiro atoms. The summed E-state index contributed by atoms with van der Waals surface area (Å²) in [5.74, 6) is 0. The highest BCUT2D eigenvalue weighted by molar-refractivity contribution is 5.69. The van der Waals surface area contributed by atoms with E-state index in [1.165, 1.54) is 12.0 Å². The number of carbonyl (C=O) groups is 1. The maximum absolute atomic E-state index is 12.5. The highest BCUT2D eigenvalue weighted by Crippen LogP contribution is 2.26. The summed E-state index contributed by atoms with van der Waals surface area (Å²) in [5.41, 5.74) is 3.01. The van der Waals surface area contributed by atoms with Gasteiger partial charge in [-0.25, -0.2) is 4.79 Å². The second-order valence-electron chi connectivity index (χ2n) is 7.30. The van der Waals surface area contributed by atoms with Crippen LogP contribution < -0.4 is 5.32 Å². The van der Waals surface area contributed by atoms with Crippen LogP contribution in [0.3, 0.4) is 0 Å². The lowest BCUT2D eigenvalue weighted by molar-refractivity contribution is 0.0186. The van der Waals surface area contributed by atoms with Crippen LogP contribution in [0.15, 0.2) is 18.2 Å². The molecule has 1 rings (SSSR count). The number of anilines is 1. The topological polar surface area (TPSA) is 41.6 Å². The first-order valence-electron chi connectivity index (χ1n) is 9.03. The number of hydrogen-bond donors (Lipinski definition) is 1. The minimum atomic E-state index is -0.482. The van der Waals surface area contributed by atoms with Crippen LogP contribution in [0.25, 0.3) is 0 Å². The first kappa shape index (κ1) is 20.3. The van der Waals surface area contributed by atoms with Crippen LogP contribution in [0.5, 0.6) is 0 Å². The first-order chi connectivity index (χ1) is 11.2. The predicted octanol–water partition coefficient (Wildman–Crippen LogP) is 5.53. The molecule has 1 N–H and O–H groups in total. The number of amides is 1. The molecule has 136 valence electrons. The van der Waals surface area contributed by atoms with Gasteiger partial charge < -0.3 is 15.0 Å². The zero-order valence-electron chi connectivity index (χ0n) is 16.4. The molecule has 0 fully saturated rings. The largest absolute Gasteiger partial charge is 0.444 e. The molecule has 0 aliphatic heterocycles. The Morgan fingerprint density at radius 1 is 1.29 bits per heavy atom. The standard InChI is InChI=1S/C20H34N2O2/c1-8-10-13-21-18-14-17(12-11-15(18)3)16(4)22(9-2)19(23)24-20(5,6)7/h11-12,14,16,21H,8-10,13H2,1-7H3/t16-/m1/s1. The van der Waals surface area contributed by atoms with Crippen LogP contribution in [0.2, 0.25) is 0 Å². The number of unbranched alkanes of at least 4 members (excludes halogenated alkanes) is 1. The Labute approximate surface area is 147 Å². The van der Waals surface area contributed by atoms with E-state index in [-0.39, 0.29) is 12.1 Å². The lowest BCUT2D eigenvalue weighted by Gasteiger charge is -2.31. The van der Waals surface area contributed by atoms with Gasteiger partial charge in [-0.05, 0) is 65.2 Å². The summed E-state index contributed by atoms with van der Waals surface area (Å²) in [5, 5.41) is 3.50. The number of rotatable bonds is 7. The molecule has 0 radical (unpaired) electrons. The zero-order valence-corrected chi connectivity index (χ0v) is 16.4. The molecule has 0 saturated heterocycles. The minimum absolute atomic E-state index is 0.0304. The normalized spacial score (nSPS) is 12.6. The van der Waals surface area contributed by atoms with Gasteiger partial charge in [0, 0.05) is 18.8 Å². The molecule has 4 heteroatoms. The molecule has 4 nitrogen and oxygen atoms in total. The summed E-state index contributed by atoms with van der Waals surface area (Å²) in [6, 6.07) is 6.33. The maximum atomic E-state index is 12.5. The monoisotopic (exact) mass is 334 g/mol. The van der Waals surface area contributed by atoms with E-state index in [9.17, 15) is 4.79 Å². The number of ether oxygens (including phenoxy) is 1. The Kier molecular flexibility index (Phi) is 7.59. The van der Waals surface area contributed by atoms with E-state index in [2.05, 4.69) is 37.4 Å². The highest BCUT2D eigenvalue weighted by Gasteiger charge is 2.25. The molecule has 1 aromatic carbocycles. The van der Waals surface area contributed by atoms with Gasteiger partial charge in [-0.1, -0.05) is 25.5 Å². The van der Waals surface area contributed by atoms with Gasteiger partial charge >= 0.3 is 6.09 Å². The van der Waals surface area contributed by atoms with Crippen LogP contribution in [-0.2, 0) is 4.74 Å². The van der Waals surface area contributed by atoms with E-state index in [0.29, 0.717) is 6.54 Å². The van der Waals surface area contributed by atoms with Crippen LogP contribution in [0.1, 0.15) is 71.6 Å². The van der Waals surface area contributed by atoms with Crippen molar-refractivity contribution in [1.29, 1.82) is 0 Å². The third-order valence-corrected chi connectivity index (χ3v) is 4.03. The fourth-order valence-corrected chi connectivity index (χ4v) is 2.55. The molecule has 0 aromatic heterocycles. The number of hydrogen-bond acceptors (Lipinski definition) is 3. The molecule has 1 atom stereocenters. The summed E-state index contributed by atoms with van der Waals surface area (Å²) >= 11 is 0. The molecule has 1 amide bonds. The van der Waals surface area contributed by atoms with Crippen molar-refractivity contribution in [1.82, 2.24) is 4.90 Å². The van der Waals surface area contributed by atoms with E-state index >= 15 is 0 Å². The molecule has 0 aliphatic carbocycles. The molecule has 24 heavy (non-hydrogen) atoms. The van der Waals surface area contributed by atoms with Gasteiger partial charge in [0.25, 0.3) is 0 Å². The second kappa shape index (κ2) is 8.95. The average Bonchev–Trinajstić information content (AvgIpc) is 2.48. The van der Waals surface area contributed by atoms with Crippen molar-refractivity contribution in [3.8, 4) is 0 Å². The van der Waals surface area contributed by atoms with Crippen molar-refractivity contribution in [2.45, 2.75) is 73.0 Å². The number of carbonyl (C=O) groups excluding carboxylic acids is 1. The van der Waals surface area contributed by atoms with Crippen LogP contribution in [0, 0.1) is 6.92 Å². The lowest BCUT2D eigenvalue weighted by atomic mass is 10.0. The van der Waals surface area contributed by atoms with Gasteiger partial charge in [-0.2, -0.15) is 0 Å². The molecule has 0 heterocycles. The van der Waals surface area contributed by atoms with E-state index in [4.69, 9.17) is 4.74 Å². The molecule has 0 saturated carbocycles. The summed E-state index contributed by atoms with van der Waals surface area (Å²) in [6.45, 7) is 15.6. The number of nitrogens with one attached hydrogen (secondary N) is 1. The van der Waals surface area contributed by atoms with Crippen molar-refractivity contribution in [3.05, 3.63) is 29.3 Å². The summed E-state index contributed by atoms with van der Waals surface area (Å²) in [7, 11) is 0. The van der Waals surface area contributed by atoms with Crippen molar-refractivity contribution >= 4 is 11.8 Å². The second-order valence-corrected chi connectivity index (χ2v) is 7.30. The Hall–Kier alpha value is -1.71. The summed E-state index contributed by atoms with van der Waals surface area (Å²) < 4.78 is 5.54. The molecule has 0 bridgehead atoms. The number of aryl methyl sites for hydroxylation is 1. The maximum Gasteiger partial charge on any atom is 0.410 e. The first-order valence-corrected chi connectivity index (χ1v) is 9.03. The fourth-order valence-electron chi connectivity index (χ4n) is 2.55. The smallest absolute Gasteiger partial charge is 0.410 e. The van der Waals surface area contributed by atoms with Gasteiger partial charge in [0.2, 0.25) is 0 Å². The van der Waals surface area contributed by atoms with E-state index in [1.54, 1.807) is 4.90 Å². The highest BCUT2D eigenvalue weighted by atomic mass is 16.6. The zero-order chi connectivity index (χ0) is 18.3. The van der Waals surface area contributed by atoms with Gasteiger partial charge in [-0.15, -0.1) is 0 Å². The molecule has 1 aromatic rings. The third-order valence-electron chi connectivity index (χ3n) is 4.03.